The van der Waals surface area contributed by atoms with Crippen molar-refractivity contribution < 1.29 is 9.53 Å². The van der Waals surface area contributed by atoms with Crippen molar-refractivity contribution in [2.24, 2.45) is 5.73 Å². The molecule has 0 aromatic rings. The van der Waals surface area contributed by atoms with Gasteiger partial charge < -0.3 is 15.8 Å². The Bertz CT molecular complexity index is 263. The molecule has 0 aromatic heterocycles. The molecule has 1 rings (SSSR count). The van der Waals surface area contributed by atoms with Crippen LogP contribution in [0.15, 0.2) is 0 Å². The maximum atomic E-state index is 12.0. The topological polar surface area (TPSA) is 64.3 Å². The van der Waals surface area contributed by atoms with Gasteiger partial charge in [-0.05, 0) is 33.1 Å². The molecule has 0 spiro atoms. The number of hydrogen-bond acceptors (Lipinski definition) is 3. The van der Waals surface area contributed by atoms with Gasteiger partial charge in [0.25, 0.3) is 0 Å². The Morgan fingerprint density at radius 1 is 1.33 bits per heavy atom. The molecule has 1 aliphatic rings. The van der Waals surface area contributed by atoms with Crippen molar-refractivity contribution in [3.8, 4) is 0 Å². The fraction of sp³-hybridized carbons (Fsp3) is 0.929. The first-order valence-electron chi connectivity index (χ1n) is 7.21. The van der Waals surface area contributed by atoms with E-state index in [9.17, 15) is 4.79 Å². The molecule has 4 heteroatoms. The summed E-state index contributed by atoms with van der Waals surface area (Å²) in [7, 11) is 0. The summed E-state index contributed by atoms with van der Waals surface area (Å²) >= 11 is 0. The van der Waals surface area contributed by atoms with E-state index in [0.717, 1.165) is 32.1 Å². The molecule has 1 aliphatic carbocycles. The van der Waals surface area contributed by atoms with Crippen LogP contribution in [-0.4, -0.2) is 30.2 Å². The van der Waals surface area contributed by atoms with Gasteiger partial charge in [-0.1, -0.05) is 26.2 Å². The van der Waals surface area contributed by atoms with Crippen LogP contribution in [0, 0.1) is 0 Å². The molecule has 106 valence electrons. The number of hydrogen-bond donors (Lipinski definition) is 2. The molecule has 18 heavy (non-hydrogen) atoms. The minimum Gasteiger partial charge on any atom is -0.361 e. The second kappa shape index (κ2) is 7.10. The number of nitrogens with one attached hydrogen (secondary N) is 1. The second-order valence-electron chi connectivity index (χ2n) is 5.53. The van der Waals surface area contributed by atoms with E-state index in [4.69, 9.17) is 10.5 Å². The van der Waals surface area contributed by atoms with Gasteiger partial charge in [0.15, 0.2) is 0 Å². The molecule has 2 unspecified atom stereocenters. The molecule has 0 aliphatic heterocycles. The predicted octanol–water partition coefficient (Wildman–Crippen LogP) is 1.97. The van der Waals surface area contributed by atoms with Crippen LogP contribution in [0.4, 0.5) is 0 Å². The van der Waals surface area contributed by atoms with Crippen molar-refractivity contribution >= 4 is 5.91 Å². The van der Waals surface area contributed by atoms with Crippen molar-refractivity contribution in [3.63, 3.8) is 0 Å². The summed E-state index contributed by atoms with van der Waals surface area (Å²) in [6, 6.07) is 0.198. The molecule has 3 N–H and O–H groups in total. The molecule has 2 atom stereocenters. The zero-order valence-corrected chi connectivity index (χ0v) is 12.0. The Balaban J connectivity index is 2.50. The van der Waals surface area contributed by atoms with Crippen LogP contribution in [0.1, 0.15) is 59.3 Å². The van der Waals surface area contributed by atoms with Crippen LogP contribution < -0.4 is 11.1 Å². The quantitative estimate of drug-likeness (QED) is 0.763. The van der Waals surface area contributed by atoms with Gasteiger partial charge in [0.05, 0.1) is 5.60 Å². The monoisotopic (exact) mass is 256 g/mol. The van der Waals surface area contributed by atoms with Crippen LogP contribution in [0.2, 0.25) is 0 Å². The van der Waals surface area contributed by atoms with E-state index >= 15 is 0 Å². The van der Waals surface area contributed by atoms with E-state index in [0.29, 0.717) is 6.54 Å². The van der Waals surface area contributed by atoms with Crippen molar-refractivity contribution in [2.45, 2.75) is 77.0 Å². The Hall–Kier alpha value is -0.610. The number of amides is 1. The second-order valence-corrected chi connectivity index (χ2v) is 5.53. The van der Waals surface area contributed by atoms with E-state index in [1.165, 1.54) is 6.42 Å². The van der Waals surface area contributed by atoms with E-state index in [-0.39, 0.29) is 17.6 Å². The predicted molar refractivity (Wildman–Crippen MR) is 73.3 cm³/mol. The largest absolute Gasteiger partial charge is 0.361 e. The maximum absolute atomic E-state index is 12.0. The third-order valence-electron chi connectivity index (χ3n) is 3.93. The summed E-state index contributed by atoms with van der Waals surface area (Å²) in [4.78, 5) is 12.0. The first-order chi connectivity index (χ1) is 8.53. The summed E-state index contributed by atoms with van der Waals surface area (Å²) in [5.41, 5.74) is 5.58. The molecular formula is C14H28N2O2. The van der Waals surface area contributed by atoms with E-state index in [2.05, 4.69) is 12.2 Å². The van der Waals surface area contributed by atoms with Crippen molar-refractivity contribution in [3.05, 3.63) is 0 Å². The normalized spacial score (nSPS) is 22.2. The van der Waals surface area contributed by atoms with E-state index in [1.54, 1.807) is 0 Å². The third-order valence-corrected chi connectivity index (χ3v) is 3.93. The Morgan fingerprint density at radius 3 is 2.44 bits per heavy atom. The zero-order chi connectivity index (χ0) is 13.6. The van der Waals surface area contributed by atoms with Crippen LogP contribution in [0.5, 0.6) is 0 Å². The van der Waals surface area contributed by atoms with E-state index in [1.807, 2.05) is 13.8 Å². The molecule has 0 aromatic carbocycles. The van der Waals surface area contributed by atoms with Crippen LogP contribution in [0.25, 0.3) is 0 Å². The van der Waals surface area contributed by atoms with Gasteiger partial charge in [0, 0.05) is 12.6 Å². The van der Waals surface area contributed by atoms with Crippen molar-refractivity contribution in [1.29, 1.82) is 0 Å². The average Bonchev–Trinajstić information content (AvgIpc) is 2.39. The lowest BCUT2D eigenvalue weighted by Crippen LogP contribution is -2.49. The third kappa shape index (κ3) is 4.25. The fourth-order valence-corrected chi connectivity index (χ4v) is 2.46. The summed E-state index contributed by atoms with van der Waals surface area (Å²) in [5.74, 6) is -0.0252. The maximum Gasteiger partial charge on any atom is 0.249 e. The average molecular weight is 256 g/mol. The van der Waals surface area contributed by atoms with Crippen molar-refractivity contribution in [2.75, 3.05) is 6.54 Å². The summed E-state index contributed by atoms with van der Waals surface area (Å²) in [6.07, 6.45) is 6.02. The molecule has 1 fully saturated rings. The molecule has 0 radical (unpaired) electrons. The number of carbonyl (C=O) groups is 1. The standard InChI is InChI=1S/C14H28N2O2/c1-4-11(2)16-13(17)12(3)18-14(10-15)8-6-5-7-9-14/h11-12H,4-10,15H2,1-3H3,(H,16,17). The number of rotatable bonds is 6. The minimum atomic E-state index is -0.416. The molecule has 0 saturated heterocycles. The highest BCUT2D eigenvalue weighted by Crippen LogP contribution is 2.31. The van der Waals surface area contributed by atoms with Gasteiger partial charge in [-0.25, -0.2) is 0 Å². The molecule has 4 nitrogen and oxygen atoms in total. The van der Waals surface area contributed by atoms with Gasteiger partial charge in [-0.3, -0.25) is 4.79 Å². The smallest absolute Gasteiger partial charge is 0.249 e. The highest BCUT2D eigenvalue weighted by molar-refractivity contribution is 5.80. The molecule has 0 bridgehead atoms. The van der Waals surface area contributed by atoms with Crippen LogP contribution >= 0.6 is 0 Å². The lowest BCUT2D eigenvalue weighted by atomic mass is 9.84. The van der Waals surface area contributed by atoms with Crippen molar-refractivity contribution in [1.82, 2.24) is 5.32 Å². The van der Waals surface area contributed by atoms with Gasteiger partial charge in [0.1, 0.15) is 6.10 Å². The number of ether oxygens (including phenoxy) is 1. The molecule has 1 amide bonds. The van der Waals surface area contributed by atoms with Gasteiger partial charge >= 0.3 is 0 Å². The summed E-state index contributed by atoms with van der Waals surface area (Å²) in [5, 5.41) is 2.96. The van der Waals surface area contributed by atoms with Crippen LogP contribution in [-0.2, 0) is 9.53 Å². The van der Waals surface area contributed by atoms with Gasteiger partial charge in [0.2, 0.25) is 5.91 Å². The van der Waals surface area contributed by atoms with Crippen LogP contribution in [0.3, 0.4) is 0 Å². The lowest BCUT2D eigenvalue weighted by Gasteiger charge is -2.38. The highest BCUT2D eigenvalue weighted by Gasteiger charge is 2.34. The first kappa shape index (κ1) is 15.4. The molecule has 0 heterocycles. The Kier molecular flexibility index (Phi) is 6.09. The Labute approximate surface area is 111 Å². The fourth-order valence-electron chi connectivity index (χ4n) is 2.46. The highest BCUT2D eigenvalue weighted by atomic mass is 16.5. The first-order valence-corrected chi connectivity index (χ1v) is 7.21. The Morgan fingerprint density at radius 2 is 1.94 bits per heavy atom. The zero-order valence-electron chi connectivity index (χ0n) is 12.0. The molecular weight excluding hydrogens is 228 g/mol. The van der Waals surface area contributed by atoms with E-state index < -0.39 is 6.10 Å². The van der Waals surface area contributed by atoms with Gasteiger partial charge in [-0.2, -0.15) is 0 Å². The summed E-state index contributed by atoms with van der Waals surface area (Å²) in [6.45, 7) is 6.39. The number of carbonyl (C=O) groups excluding carboxylic acids is 1. The summed E-state index contributed by atoms with van der Waals surface area (Å²) < 4.78 is 6.00. The number of nitrogens with two attached hydrogens (primary N) is 1. The van der Waals surface area contributed by atoms with Gasteiger partial charge in [-0.15, -0.1) is 0 Å². The lowest BCUT2D eigenvalue weighted by molar-refractivity contribution is -0.149. The molecule has 1 saturated carbocycles. The minimum absolute atomic E-state index is 0.0252. The SMILES string of the molecule is CCC(C)NC(=O)C(C)OC1(CN)CCCCC1.